The van der Waals surface area contributed by atoms with E-state index in [0.717, 1.165) is 19.3 Å². The fourth-order valence-corrected chi connectivity index (χ4v) is 1.30. The Morgan fingerprint density at radius 3 is 2.50 bits per heavy atom. The van der Waals surface area contributed by atoms with E-state index in [1.54, 1.807) is 0 Å². The number of amides is 1. The Morgan fingerprint density at radius 2 is 2.00 bits per heavy atom. The summed E-state index contributed by atoms with van der Waals surface area (Å²) in [4.78, 5) is 11.0. The SMILES string of the molecule is CCCCCC(=O)NCCS(=O)(=O)O. The molecule has 0 atom stereocenters. The molecule has 0 fully saturated rings. The molecule has 0 aliphatic rings. The number of rotatable bonds is 7. The van der Waals surface area contributed by atoms with Crippen LogP contribution in [0.2, 0.25) is 0 Å². The minimum Gasteiger partial charge on any atom is -0.355 e. The van der Waals surface area contributed by atoms with Gasteiger partial charge in [0.15, 0.2) is 0 Å². The highest BCUT2D eigenvalue weighted by molar-refractivity contribution is 7.85. The van der Waals surface area contributed by atoms with E-state index in [1.165, 1.54) is 0 Å². The summed E-state index contributed by atoms with van der Waals surface area (Å²) in [5, 5.41) is 2.42. The molecular weight excluding hydrogens is 206 g/mol. The van der Waals surface area contributed by atoms with Crippen molar-refractivity contribution < 1.29 is 17.8 Å². The topological polar surface area (TPSA) is 83.5 Å². The van der Waals surface area contributed by atoms with Gasteiger partial charge in [0, 0.05) is 13.0 Å². The number of hydrogen-bond donors (Lipinski definition) is 2. The van der Waals surface area contributed by atoms with Gasteiger partial charge >= 0.3 is 0 Å². The normalized spacial score (nSPS) is 11.3. The van der Waals surface area contributed by atoms with Gasteiger partial charge in [-0.2, -0.15) is 8.42 Å². The molecule has 0 aliphatic carbocycles. The van der Waals surface area contributed by atoms with Gasteiger partial charge < -0.3 is 5.32 Å². The molecule has 5 nitrogen and oxygen atoms in total. The van der Waals surface area contributed by atoms with E-state index < -0.39 is 15.9 Å². The van der Waals surface area contributed by atoms with Crippen molar-refractivity contribution in [2.24, 2.45) is 0 Å². The summed E-state index contributed by atoms with van der Waals surface area (Å²) in [7, 11) is -3.96. The maximum Gasteiger partial charge on any atom is 0.266 e. The van der Waals surface area contributed by atoms with Crippen LogP contribution in [0.25, 0.3) is 0 Å². The average molecular weight is 223 g/mol. The maximum atomic E-state index is 11.0. The van der Waals surface area contributed by atoms with E-state index in [0.29, 0.717) is 6.42 Å². The van der Waals surface area contributed by atoms with Crippen molar-refractivity contribution in [3.63, 3.8) is 0 Å². The highest BCUT2D eigenvalue weighted by Gasteiger charge is 2.05. The molecule has 6 heteroatoms. The zero-order chi connectivity index (χ0) is 11.0. The highest BCUT2D eigenvalue weighted by Crippen LogP contribution is 1.97. The number of carbonyl (C=O) groups is 1. The smallest absolute Gasteiger partial charge is 0.266 e. The molecule has 0 saturated carbocycles. The van der Waals surface area contributed by atoms with Crippen molar-refractivity contribution in [1.29, 1.82) is 0 Å². The third-order valence-corrected chi connectivity index (χ3v) is 2.41. The third kappa shape index (κ3) is 9.47. The van der Waals surface area contributed by atoms with Gasteiger partial charge in [-0.3, -0.25) is 9.35 Å². The van der Waals surface area contributed by atoms with Crippen LogP contribution in [0.5, 0.6) is 0 Å². The quantitative estimate of drug-likeness (QED) is 0.488. The van der Waals surface area contributed by atoms with Crippen LogP contribution in [0.15, 0.2) is 0 Å². The maximum absolute atomic E-state index is 11.0. The van der Waals surface area contributed by atoms with Gasteiger partial charge in [0.05, 0.1) is 5.75 Å². The number of hydrogen-bond acceptors (Lipinski definition) is 3. The van der Waals surface area contributed by atoms with Gasteiger partial charge in [-0.1, -0.05) is 19.8 Å². The van der Waals surface area contributed by atoms with E-state index in [-0.39, 0.29) is 12.5 Å². The fraction of sp³-hybridized carbons (Fsp3) is 0.875. The van der Waals surface area contributed by atoms with Gasteiger partial charge in [0.1, 0.15) is 0 Å². The fourth-order valence-electron chi connectivity index (χ4n) is 0.943. The number of nitrogens with one attached hydrogen (secondary N) is 1. The summed E-state index contributed by atoms with van der Waals surface area (Å²) in [6.07, 6.45) is 3.26. The molecular formula is C8H17NO4S. The van der Waals surface area contributed by atoms with E-state index >= 15 is 0 Å². The third-order valence-electron chi connectivity index (χ3n) is 1.69. The predicted octanol–water partition coefficient (Wildman–Crippen LogP) is 0.571. The lowest BCUT2D eigenvalue weighted by molar-refractivity contribution is -0.121. The van der Waals surface area contributed by atoms with E-state index in [1.807, 2.05) is 6.92 Å². The molecule has 0 unspecified atom stereocenters. The second-order valence-electron chi connectivity index (χ2n) is 3.09. The minimum atomic E-state index is -3.96. The molecule has 0 radical (unpaired) electrons. The number of unbranched alkanes of at least 4 members (excludes halogenated alkanes) is 2. The van der Waals surface area contributed by atoms with E-state index in [9.17, 15) is 13.2 Å². The molecule has 1 amide bonds. The molecule has 0 aromatic rings. The first-order valence-electron chi connectivity index (χ1n) is 4.67. The number of carbonyl (C=O) groups excluding carboxylic acids is 1. The molecule has 0 heterocycles. The van der Waals surface area contributed by atoms with Crippen LogP contribution in [0.4, 0.5) is 0 Å². The Labute approximate surface area is 84.6 Å². The summed E-state index contributed by atoms with van der Waals surface area (Å²) in [6.45, 7) is 2.01. The molecule has 0 rings (SSSR count). The van der Waals surface area contributed by atoms with Gasteiger partial charge in [-0.05, 0) is 6.42 Å². The van der Waals surface area contributed by atoms with Crippen LogP contribution in [-0.4, -0.2) is 31.2 Å². The first kappa shape index (κ1) is 13.4. The van der Waals surface area contributed by atoms with Gasteiger partial charge in [-0.25, -0.2) is 0 Å². The zero-order valence-electron chi connectivity index (χ0n) is 8.32. The van der Waals surface area contributed by atoms with Gasteiger partial charge in [0.2, 0.25) is 5.91 Å². The average Bonchev–Trinajstić information content (AvgIpc) is 2.02. The summed E-state index contributed by atoms with van der Waals surface area (Å²) in [5.41, 5.74) is 0. The van der Waals surface area contributed by atoms with E-state index in [2.05, 4.69) is 5.32 Å². The van der Waals surface area contributed by atoms with Crippen LogP contribution in [0.3, 0.4) is 0 Å². The van der Waals surface area contributed by atoms with Crippen molar-refractivity contribution in [3.8, 4) is 0 Å². The molecule has 0 aromatic heterocycles. The summed E-state index contributed by atoms with van der Waals surface area (Å²) < 4.78 is 28.9. The lowest BCUT2D eigenvalue weighted by Gasteiger charge is -2.02. The van der Waals surface area contributed by atoms with Crippen LogP contribution in [0, 0.1) is 0 Å². The zero-order valence-corrected chi connectivity index (χ0v) is 9.14. The molecule has 2 N–H and O–H groups in total. The predicted molar refractivity (Wildman–Crippen MR) is 53.6 cm³/mol. The molecule has 0 aliphatic heterocycles. The van der Waals surface area contributed by atoms with Crippen LogP contribution in [0.1, 0.15) is 32.6 Å². The molecule has 0 spiro atoms. The molecule has 84 valence electrons. The largest absolute Gasteiger partial charge is 0.355 e. The second kappa shape index (κ2) is 6.78. The van der Waals surface area contributed by atoms with Crippen molar-refractivity contribution >= 4 is 16.0 Å². The molecule has 14 heavy (non-hydrogen) atoms. The lowest BCUT2D eigenvalue weighted by atomic mass is 10.2. The lowest BCUT2D eigenvalue weighted by Crippen LogP contribution is -2.28. The van der Waals surface area contributed by atoms with Crippen LogP contribution in [-0.2, 0) is 14.9 Å². The van der Waals surface area contributed by atoms with Gasteiger partial charge in [-0.15, -0.1) is 0 Å². The van der Waals surface area contributed by atoms with Crippen LogP contribution < -0.4 is 5.32 Å². The molecule has 0 aromatic carbocycles. The Kier molecular flexibility index (Phi) is 6.48. The van der Waals surface area contributed by atoms with Gasteiger partial charge in [0.25, 0.3) is 10.1 Å². The van der Waals surface area contributed by atoms with Crippen molar-refractivity contribution in [1.82, 2.24) is 5.32 Å². The molecule has 0 saturated heterocycles. The van der Waals surface area contributed by atoms with Crippen LogP contribution >= 0.6 is 0 Å². The Bertz CT molecular complexity index is 261. The Balaban J connectivity index is 3.45. The van der Waals surface area contributed by atoms with Crippen molar-refractivity contribution in [2.45, 2.75) is 32.6 Å². The minimum absolute atomic E-state index is 0.0240. The summed E-state index contributed by atoms with van der Waals surface area (Å²) in [6, 6.07) is 0. The summed E-state index contributed by atoms with van der Waals surface area (Å²) >= 11 is 0. The standard InChI is InChI=1S/C8H17NO4S/c1-2-3-4-5-8(10)9-6-7-14(11,12)13/h2-7H2,1H3,(H,9,10)(H,11,12,13). The van der Waals surface area contributed by atoms with E-state index in [4.69, 9.17) is 4.55 Å². The highest BCUT2D eigenvalue weighted by atomic mass is 32.2. The summed E-state index contributed by atoms with van der Waals surface area (Å²) in [5.74, 6) is -0.589. The first-order chi connectivity index (χ1) is 6.45. The van der Waals surface area contributed by atoms with Crippen molar-refractivity contribution in [3.05, 3.63) is 0 Å². The Hall–Kier alpha value is -0.620. The second-order valence-corrected chi connectivity index (χ2v) is 4.67. The molecule has 0 bridgehead atoms. The Morgan fingerprint density at radius 1 is 1.36 bits per heavy atom. The first-order valence-corrected chi connectivity index (χ1v) is 6.28. The monoisotopic (exact) mass is 223 g/mol. The van der Waals surface area contributed by atoms with Crippen molar-refractivity contribution in [2.75, 3.05) is 12.3 Å².